The van der Waals surface area contributed by atoms with Crippen molar-refractivity contribution in [1.82, 2.24) is 4.98 Å². The molecule has 21 heavy (non-hydrogen) atoms. The van der Waals surface area contributed by atoms with Gasteiger partial charge in [-0.1, -0.05) is 12.1 Å². The highest BCUT2D eigenvalue weighted by Gasteiger charge is 2.26. The van der Waals surface area contributed by atoms with E-state index in [9.17, 15) is 0 Å². The lowest BCUT2D eigenvalue weighted by Gasteiger charge is -2.23. The number of pyridine rings is 1. The molecule has 0 saturated heterocycles. The van der Waals surface area contributed by atoms with Gasteiger partial charge in [-0.25, -0.2) is 0 Å². The Kier molecular flexibility index (Phi) is 3.28. The average molecular weight is 280 g/mol. The van der Waals surface area contributed by atoms with Crippen LogP contribution in [0, 0.1) is 13.8 Å². The van der Waals surface area contributed by atoms with Crippen molar-refractivity contribution in [1.29, 1.82) is 0 Å². The Hall–Kier alpha value is -2.16. The molecule has 0 aliphatic carbocycles. The average Bonchev–Trinajstić information content (AvgIpc) is 2.57. The Balaban J connectivity index is 2.16. The number of aromatic nitrogens is 1. The van der Waals surface area contributed by atoms with E-state index >= 15 is 0 Å². The number of ether oxygens (including phenoxy) is 1. The topological polar surface area (TPSA) is 34.5 Å². The monoisotopic (exact) mass is 280 g/mol. The van der Waals surface area contributed by atoms with Gasteiger partial charge in [0.15, 0.2) is 0 Å². The summed E-state index contributed by atoms with van der Waals surface area (Å²) in [5.74, 6) is 0.886. The molecule has 1 aromatic heterocycles. The van der Waals surface area contributed by atoms with Crippen LogP contribution in [0.1, 0.15) is 36.2 Å². The van der Waals surface area contributed by atoms with E-state index in [1.165, 1.54) is 5.56 Å². The molecule has 0 unspecified atom stereocenters. The maximum Gasteiger partial charge on any atom is 0.129 e. The fourth-order valence-corrected chi connectivity index (χ4v) is 2.46. The molecule has 3 heteroatoms. The lowest BCUT2D eigenvalue weighted by molar-refractivity contribution is 0.121. The minimum atomic E-state index is -0.301. The molecule has 1 aromatic carbocycles. The summed E-state index contributed by atoms with van der Waals surface area (Å²) in [5, 5.41) is 0. The SMILES string of the molecule is Cc1cc(C2=NCC(C)(C)Oc3ccccc32)cnc1C. The van der Waals surface area contributed by atoms with Crippen LogP contribution in [0.3, 0.4) is 0 Å². The van der Waals surface area contributed by atoms with Crippen molar-refractivity contribution in [3.8, 4) is 5.75 Å². The normalized spacial score (nSPS) is 16.5. The molecular weight excluding hydrogens is 260 g/mol. The van der Waals surface area contributed by atoms with Crippen LogP contribution in [0.5, 0.6) is 5.75 Å². The number of hydrogen-bond acceptors (Lipinski definition) is 3. The predicted octanol–water partition coefficient (Wildman–Crippen LogP) is 3.71. The first kappa shape index (κ1) is 13.8. The van der Waals surface area contributed by atoms with E-state index in [2.05, 4.69) is 37.9 Å². The van der Waals surface area contributed by atoms with Crippen molar-refractivity contribution >= 4 is 5.71 Å². The lowest BCUT2D eigenvalue weighted by Crippen LogP contribution is -2.31. The smallest absolute Gasteiger partial charge is 0.129 e. The zero-order valence-electron chi connectivity index (χ0n) is 13.0. The molecule has 0 radical (unpaired) electrons. The Morgan fingerprint density at radius 3 is 2.67 bits per heavy atom. The second kappa shape index (κ2) is 4.99. The minimum absolute atomic E-state index is 0.301. The van der Waals surface area contributed by atoms with Crippen LogP contribution in [-0.4, -0.2) is 22.8 Å². The number of para-hydroxylation sites is 1. The van der Waals surface area contributed by atoms with Crippen molar-refractivity contribution < 1.29 is 4.74 Å². The van der Waals surface area contributed by atoms with Gasteiger partial charge < -0.3 is 4.74 Å². The molecule has 1 aliphatic heterocycles. The minimum Gasteiger partial charge on any atom is -0.485 e. The first-order chi connectivity index (χ1) is 9.96. The van der Waals surface area contributed by atoms with Gasteiger partial charge in [-0.15, -0.1) is 0 Å². The molecule has 0 bridgehead atoms. The van der Waals surface area contributed by atoms with Gasteiger partial charge >= 0.3 is 0 Å². The van der Waals surface area contributed by atoms with Gasteiger partial charge in [0.2, 0.25) is 0 Å². The van der Waals surface area contributed by atoms with Crippen LogP contribution >= 0.6 is 0 Å². The Morgan fingerprint density at radius 1 is 1.14 bits per heavy atom. The number of rotatable bonds is 1. The summed E-state index contributed by atoms with van der Waals surface area (Å²) in [6.45, 7) is 8.86. The van der Waals surface area contributed by atoms with Crippen LogP contribution in [0.15, 0.2) is 41.5 Å². The largest absolute Gasteiger partial charge is 0.485 e. The predicted molar refractivity (Wildman–Crippen MR) is 85.4 cm³/mol. The molecule has 0 atom stereocenters. The Labute approximate surface area is 125 Å². The van der Waals surface area contributed by atoms with E-state index in [1.54, 1.807) is 0 Å². The van der Waals surface area contributed by atoms with Gasteiger partial charge in [0.1, 0.15) is 11.4 Å². The molecule has 0 fully saturated rings. The maximum atomic E-state index is 6.11. The van der Waals surface area contributed by atoms with E-state index in [-0.39, 0.29) is 5.60 Å². The van der Waals surface area contributed by atoms with E-state index < -0.39 is 0 Å². The highest BCUT2D eigenvalue weighted by molar-refractivity contribution is 6.14. The van der Waals surface area contributed by atoms with Crippen LogP contribution in [0.2, 0.25) is 0 Å². The zero-order valence-corrected chi connectivity index (χ0v) is 13.0. The summed E-state index contributed by atoms with van der Waals surface area (Å²) in [6.07, 6.45) is 1.90. The van der Waals surface area contributed by atoms with Crippen molar-refractivity contribution in [2.24, 2.45) is 4.99 Å². The summed E-state index contributed by atoms with van der Waals surface area (Å²) in [4.78, 5) is 9.28. The van der Waals surface area contributed by atoms with Gasteiger partial charge in [0, 0.05) is 23.0 Å². The number of fused-ring (bicyclic) bond motifs is 1. The van der Waals surface area contributed by atoms with Crippen LogP contribution in [0.4, 0.5) is 0 Å². The molecule has 3 rings (SSSR count). The third kappa shape index (κ3) is 2.68. The van der Waals surface area contributed by atoms with Crippen molar-refractivity contribution in [2.45, 2.75) is 33.3 Å². The van der Waals surface area contributed by atoms with E-state index in [4.69, 9.17) is 9.73 Å². The number of nitrogens with zero attached hydrogens (tertiary/aromatic N) is 2. The summed E-state index contributed by atoms with van der Waals surface area (Å²) < 4.78 is 6.11. The second-order valence-corrected chi connectivity index (χ2v) is 6.15. The Bertz CT molecular complexity index is 717. The number of hydrogen-bond donors (Lipinski definition) is 0. The Morgan fingerprint density at radius 2 is 1.90 bits per heavy atom. The van der Waals surface area contributed by atoms with Crippen molar-refractivity contribution in [3.05, 3.63) is 58.9 Å². The van der Waals surface area contributed by atoms with E-state index in [0.29, 0.717) is 6.54 Å². The molecule has 1 aliphatic rings. The molecular formula is C18H20N2O. The molecule has 0 amide bonds. The number of aryl methyl sites for hydroxylation is 2. The molecule has 2 aromatic rings. The summed E-state index contributed by atoms with van der Waals surface area (Å²) in [5.41, 5.74) is 4.98. The molecule has 2 heterocycles. The lowest BCUT2D eigenvalue weighted by atomic mass is 10.0. The van der Waals surface area contributed by atoms with Crippen LogP contribution in [0.25, 0.3) is 0 Å². The first-order valence-electron chi connectivity index (χ1n) is 7.23. The van der Waals surface area contributed by atoms with E-state index in [0.717, 1.165) is 28.3 Å². The van der Waals surface area contributed by atoms with Crippen molar-refractivity contribution in [3.63, 3.8) is 0 Å². The van der Waals surface area contributed by atoms with Gasteiger partial charge in [-0.2, -0.15) is 0 Å². The van der Waals surface area contributed by atoms with Gasteiger partial charge in [-0.3, -0.25) is 9.98 Å². The third-order valence-electron chi connectivity index (χ3n) is 3.76. The number of aliphatic imine (C=N–C) groups is 1. The third-order valence-corrected chi connectivity index (χ3v) is 3.76. The highest BCUT2D eigenvalue weighted by Crippen LogP contribution is 2.29. The summed E-state index contributed by atoms with van der Waals surface area (Å²) >= 11 is 0. The van der Waals surface area contributed by atoms with Gasteiger partial charge in [0.25, 0.3) is 0 Å². The van der Waals surface area contributed by atoms with E-state index in [1.807, 2.05) is 31.3 Å². The molecule has 0 saturated carbocycles. The van der Waals surface area contributed by atoms with Crippen LogP contribution in [-0.2, 0) is 0 Å². The van der Waals surface area contributed by atoms with Crippen molar-refractivity contribution in [2.75, 3.05) is 6.54 Å². The highest BCUT2D eigenvalue weighted by atomic mass is 16.5. The fraction of sp³-hybridized carbons (Fsp3) is 0.333. The summed E-state index contributed by atoms with van der Waals surface area (Å²) in [7, 11) is 0. The second-order valence-electron chi connectivity index (χ2n) is 6.15. The molecule has 0 N–H and O–H groups in total. The van der Waals surface area contributed by atoms with Crippen LogP contribution < -0.4 is 4.74 Å². The molecule has 0 spiro atoms. The fourth-order valence-electron chi connectivity index (χ4n) is 2.46. The standard InChI is InChI=1S/C18H20N2O/c1-12-9-14(10-19-13(12)2)17-15-7-5-6-8-16(15)21-18(3,4)11-20-17/h5-10H,11H2,1-4H3. The quantitative estimate of drug-likeness (QED) is 0.798. The molecule has 108 valence electrons. The van der Waals surface area contributed by atoms with Gasteiger partial charge in [-0.05, 0) is 51.5 Å². The summed E-state index contributed by atoms with van der Waals surface area (Å²) in [6, 6.07) is 10.2. The zero-order chi connectivity index (χ0) is 15.0. The first-order valence-corrected chi connectivity index (χ1v) is 7.23. The number of benzene rings is 1. The molecule has 3 nitrogen and oxygen atoms in total. The maximum absolute atomic E-state index is 6.11. The van der Waals surface area contributed by atoms with Gasteiger partial charge in [0.05, 0.1) is 12.3 Å².